The van der Waals surface area contributed by atoms with Crippen molar-refractivity contribution in [1.82, 2.24) is 0 Å². The minimum absolute atomic E-state index is 0.187. The third kappa shape index (κ3) is 3.73. The molecule has 1 aromatic carbocycles. The lowest BCUT2D eigenvalue weighted by Crippen LogP contribution is -2.17. The van der Waals surface area contributed by atoms with Gasteiger partial charge in [-0.1, -0.05) is 18.5 Å². The van der Waals surface area contributed by atoms with Crippen molar-refractivity contribution in [2.24, 2.45) is 0 Å². The van der Waals surface area contributed by atoms with Gasteiger partial charge in [-0.2, -0.15) is 5.26 Å². The van der Waals surface area contributed by atoms with E-state index in [2.05, 4.69) is 34.2 Å². The summed E-state index contributed by atoms with van der Waals surface area (Å²) < 4.78 is 0.878. The van der Waals surface area contributed by atoms with Crippen LogP contribution in [0.4, 0.5) is 5.69 Å². The van der Waals surface area contributed by atoms with Gasteiger partial charge < -0.3 is 5.32 Å². The highest BCUT2D eigenvalue weighted by molar-refractivity contribution is 9.10. The Hall–Kier alpha value is -0.720. The summed E-state index contributed by atoms with van der Waals surface area (Å²) in [4.78, 5) is 0. The van der Waals surface area contributed by atoms with E-state index in [0.29, 0.717) is 11.4 Å². The highest BCUT2D eigenvalue weighted by Crippen LogP contribution is 2.26. The Morgan fingerprint density at radius 3 is 2.87 bits per heavy atom. The van der Waals surface area contributed by atoms with Crippen LogP contribution < -0.4 is 5.32 Å². The molecule has 2 nitrogen and oxygen atoms in total. The number of nitrogens with zero attached hydrogens (tertiary/aromatic N) is 1. The summed E-state index contributed by atoms with van der Waals surface area (Å²) in [5.41, 5.74) is 0.949. The van der Waals surface area contributed by atoms with E-state index in [9.17, 15) is 0 Å². The number of hydrogen-bond acceptors (Lipinski definition) is 2. The molecule has 0 fully saturated rings. The van der Waals surface area contributed by atoms with Crippen LogP contribution in [0.5, 0.6) is 0 Å². The van der Waals surface area contributed by atoms with Gasteiger partial charge in [-0.25, -0.2) is 0 Å². The van der Waals surface area contributed by atoms with E-state index in [4.69, 9.17) is 16.9 Å². The van der Waals surface area contributed by atoms with Gasteiger partial charge in [0, 0.05) is 16.2 Å². The van der Waals surface area contributed by atoms with Crippen molar-refractivity contribution in [3.05, 3.63) is 27.7 Å². The molecule has 0 amide bonds. The van der Waals surface area contributed by atoms with Crippen molar-refractivity contribution in [1.29, 1.82) is 5.26 Å². The first-order valence-corrected chi connectivity index (χ1v) is 5.93. The lowest BCUT2D eigenvalue weighted by Gasteiger charge is -2.15. The molecule has 4 heteroatoms. The number of benzene rings is 1. The van der Waals surface area contributed by atoms with E-state index >= 15 is 0 Å². The van der Waals surface area contributed by atoms with E-state index < -0.39 is 0 Å². The zero-order chi connectivity index (χ0) is 11.3. The van der Waals surface area contributed by atoms with Gasteiger partial charge in [0.15, 0.2) is 0 Å². The molecule has 80 valence electrons. The van der Waals surface area contributed by atoms with Gasteiger partial charge in [0.2, 0.25) is 0 Å². The molecule has 1 aromatic rings. The minimum Gasteiger partial charge on any atom is -0.381 e. The van der Waals surface area contributed by atoms with Gasteiger partial charge in [0.05, 0.1) is 17.5 Å². The lowest BCUT2D eigenvalue weighted by atomic mass is 10.1. The molecular weight excluding hydrogens is 275 g/mol. The molecule has 1 atom stereocenters. The van der Waals surface area contributed by atoms with E-state index in [1.165, 1.54) is 0 Å². The number of nitrogens with one attached hydrogen (secondary N) is 1. The number of halogens is 2. The minimum atomic E-state index is 0.187. The lowest BCUT2D eigenvalue weighted by molar-refractivity contribution is 0.711. The Morgan fingerprint density at radius 2 is 2.33 bits per heavy atom. The van der Waals surface area contributed by atoms with Crippen LogP contribution in [0, 0.1) is 11.3 Å². The van der Waals surface area contributed by atoms with E-state index in [0.717, 1.165) is 16.6 Å². The molecule has 0 aromatic heterocycles. The van der Waals surface area contributed by atoms with Crippen LogP contribution in [0.1, 0.15) is 19.8 Å². The van der Waals surface area contributed by atoms with Gasteiger partial charge in [-0.05, 0) is 40.5 Å². The quantitative estimate of drug-likeness (QED) is 0.900. The second-order valence-electron chi connectivity index (χ2n) is 3.24. The first-order valence-electron chi connectivity index (χ1n) is 4.76. The summed E-state index contributed by atoms with van der Waals surface area (Å²) in [6.07, 6.45) is 1.42. The fourth-order valence-corrected chi connectivity index (χ4v) is 1.66. The summed E-state index contributed by atoms with van der Waals surface area (Å²) in [7, 11) is 0. The van der Waals surface area contributed by atoms with Crippen LogP contribution in [0.2, 0.25) is 5.02 Å². The summed E-state index contributed by atoms with van der Waals surface area (Å²) in [6.45, 7) is 2.05. The molecule has 0 aliphatic carbocycles. The van der Waals surface area contributed by atoms with Crippen molar-refractivity contribution in [3.63, 3.8) is 0 Å². The van der Waals surface area contributed by atoms with E-state index in [1.807, 2.05) is 18.2 Å². The molecule has 0 aliphatic heterocycles. The average molecular weight is 288 g/mol. The molecule has 15 heavy (non-hydrogen) atoms. The van der Waals surface area contributed by atoms with E-state index in [-0.39, 0.29) is 6.04 Å². The van der Waals surface area contributed by atoms with Crippen LogP contribution in [-0.4, -0.2) is 6.04 Å². The number of rotatable bonds is 4. The Labute approximate surface area is 103 Å². The largest absolute Gasteiger partial charge is 0.381 e. The Bertz CT molecular complexity index is 373. The zero-order valence-electron chi connectivity index (χ0n) is 8.43. The summed E-state index contributed by atoms with van der Waals surface area (Å²) in [5, 5.41) is 12.6. The molecule has 0 radical (unpaired) electrons. The third-order valence-corrected chi connectivity index (χ3v) is 3.35. The fraction of sp³-hybridized carbons (Fsp3) is 0.364. The molecule has 0 saturated carbocycles. The van der Waals surface area contributed by atoms with Crippen molar-refractivity contribution in [2.75, 3.05) is 5.32 Å². The molecule has 0 heterocycles. The molecule has 0 aliphatic rings. The Balaban J connectivity index is 2.71. The van der Waals surface area contributed by atoms with E-state index in [1.54, 1.807) is 0 Å². The standard InChI is InChI=1S/C11H12BrClN2/c1-2-8(5-6-14)15-9-3-4-10(12)11(13)7-9/h3-4,7-8,15H,2,5H2,1H3. The highest BCUT2D eigenvalue weighted by Gasteiger charge is 2.06. The normalized spacial score (nSPS) is 11.9. The second-order valence-corrected chi connectivity index (χ2v) is 4.50. The maximum atomic E-state index is 8.62. The maximum Gasteiger partial charge on any atom is 0.0643 e. The number of anilines is 1. The van der Waals surface area contributed by atoms with Gasteiger partial charge in [-0.3, -0.25) is 0 Å². The summed E-state index contributed by atoms with van der Waals surface area (Å²) in [5.74, 6) is 0. The van der Waals surface area contributed by atoms with Crippen LogP contribution in [0.15, 0.2) is 22.7 Å². The Morgan fingerprint density at radius 1 is 1.60 bits per heavy atom. The van der Waals surface area contributed by atoms with Gasteiger partial charge in [0.25, 0.3) is 0 Å². The average Bonchev–Trinajstić information content (AvgIpc) is 2.23. The SMILES string of the molecule is CCC(CC#N)Nc1ccc(Br)c(Cl)c1. The predicted molar refractivity (Wildman–Crippen MR) is 67.1 cm³/mol. The topological polar surface area (TPSA) is 35.8 Å². The molecule has 0 spiro atoms. The van der Waals surface area contributed by atoms with Gasteiger partial charge >= 0.3 is 0 Å². The summed E-state index contributed by atoms with van der Waals surface area (Å²) in [6, 6.07) is 8.03. The van der Waals surface area contributed by atoms with Crippen LogP contribution in [0.3, 0.4) is 0 Å². The highest BCUT2D eigenvalue weighted by atomic mass is 79.9. The van der Waals surface area contributed by atoms with Crippen molar-refractivity contribution >= 4 is 33.2 Å². The molecule has 1 rings (SSSR count). The second kappa shape index (κ2) is 5.99. The smallest absolute Gasteiger partial charge is 0.0643 e. The zero-order valence-corrected chi connectivity index (χ0v) is 10.8. The maximum absolute atomic E-state index is 8.62. The third-order valence-electron chi connectivity index (χ3n) is 2.12. The number of nitriles is 1. The summed E-state index contributed by atoms with van der Waals surface area (Å²) >= 11 is 9.30. The van der Waals surface area contributed by atoms with Crippen molar-refractivity contribution < 1.29 is 0 Å². The molecule has 0 saturated heterocycles. The van der Waals surface area contributed by atoms with Gasteiger partial charge in [0.1, 0.15) is 0 Å². The van der Waals surface area contributed by atoms with Crippen LogP contribution >= 0.6 is 27.5 Å². The molecular formula is C11H12BrClN2. The molecule has 1 N–H and O–H groups in total. The monoisotopic (exact) mass is 286 g/mol. The van der Waals surface area contributed by atoms with Crippen molar-refractivity contribution in [2.45, 2.75) is 25.8 Å². The van der Waals surface area contributed by atoms with Gasteiger partial charge in [-0.15, -0.1) is 0 Å². The predicted octanol–water partition coefficient (Wildman–Crippen LogP) is 4.21. The Kier molecular flexibility index (Phi) is 4.93. The number of hydrogen-bond donors (Lipinski definition) is 1. The molecule has 0 bridgehead atoms. The first kappa shape index (κ1) is 12.4. The van der Waals surface area contributed by atoms with Crippen molar-refractivity contribution in [3.8, 4) is 6.07 Å². The fourth-order valence-electron chi connectivity index (χ4n) is 1.23. The van der Waals surface area contributed by atoms with Crippen LogP contribution in [-0.2, 0) is 0 Å². The first-order chi connectivity index (χ1) is 7.17. The van der Waals surface area contributed by atoms with Crippen LogP contribution in [0.25, 0.3) is 0 Å². The molecule has 1 unspecified atom stereocenters.